The minimum Gasteiger partial charge on any atom is -0.481 e. The van der Waals surface area contributed by atoms with Crippen LogP contribution in [0.2, 0.25) is 0 Å². The molecule has 0 radical (unpaired) electrons. The Hall–Kier alpha value is -1.49. The van der Waals surface area contributed by atoms with Crippen LogP contribution in [0.4, 0.5) is 4.39 Å². The number of hydrogen-bond donors (Lipinski definition) is 2. The SMILES string of the molecule is CCCCC(C(=O)O)C(C)(O)c1ccc(F)cn1. The third-order valence-electron chi connectivity index (χ3n) is 3.07. The highest BCUT2D eigenvalue weighted by Gasteiger charge is 2.39. The van der Waals surface area contributed by atoms with Crippen molar-refractivity contribution >= 4 is 5.97 Å². The number of pyridine rings is 1. The number of carboxylic acid groups (broad SMARTS) is 1. The van der Waals surface area contributed by atoms with E-state index in [0.717, 1.165) is 18.7 Å². The maximum absolute atomic E-state index is 12.8. The third-order valence-corrected chi connectivity index (χ3v) is 3.07. The maximum atomic E-state index is 12.8. The van der Waals surface area contributed by atoms with Gasteiger partial charge in [0.15, 0.2) is 0 Å². The Labute approximate surface area is 105 Å². The van der Waals surface area contributed by atoms with Gasteiger partial charge < -0.3 is 10.2 Å². The van der Waals surface area contributed by atoms with Gasteiger partial charge in [0.2, 0.25) is 0 Å². The first-order chi connectivity index (χ1) is 8.39. The first-order valence-corrected chi connectivity index (χ1v) is 5.96. The van der Waals surface area contributed by atoms with Crippen LogP contribution >= 0.6 is 0 Å². The van der Waals surface area contributed by atoms with Gasteiger partial charge in [0, 0.05) is 0 Å². The minimum atomic E-state index is -1.60. The van der Waals surface area contributed by atoms with Gasteiger partial charge in [0.1, 0.15) is 11.4 Å². The number of aliphatic hydroxyl groups is 1. The zero-order chi connectivity index (χ0) is 13.8. The van der Waals surface area contributed by atoms with Crippen LogP contribution in [0, 0.1) is 11.7 Å². The zero-order valence-corrected chi connectivity index (χ0v) is 10.6. The second kappa shape index (κ2) is 5.91. The van der Waals surface area contributed by atoms with Gasteiger partial charge in [-0.3, -0.25) is 9.78 Å². The monoisotopic (exact) mass is 255 g/mol. The van der Waals surface area contributed by atoms with E-state index in [4.69, 9.17) is 0 Å². The van der Waals surface area contributed by atoms with E-state index in [2.05, 4.69) is 4.98 Å². The van der Waals surface area contributed by atoms with Gasteiger partial charge in [0.25, 0.3) is 0 Å². The van der Waals surface area contributed by atoms with Crippen LogP contribution in [0.3, 0.4) is 0 Å². The summed E-state index contributed by atoms with van der Waals surface area (Å²) in [6, 6.07) is 2.48. The van der Waals surface area contributed by atoms with Crippen molar-refractivity contribution in [3.8, 4) is 0 Å². The summed E-state index contributed by atoms with van der Waals surface area (Å²) in [4.78, 5) is 15.0. The highest BCUT2D eigenvalue weighted by Crippen LogP contribution is 2.31. The van der Waals surface area contributed by atoms with Crippen LogP contribution in [0.25, 0.3) is 0 Å². The second-order valence-electron chi connectivity index (χ2n) is 4.54. The smallest absolute Gasteiger partial charge is 0.309 e. The summed E-state index contributed by atoms with van der Waals surface area (Å²) >= 11 is 0. The molecule has 0 aliphatic carbocycles. The van der Waals surface area contributed by atoms with Crippen molar-refractivity contribution in [3.63, 3.8) is 0 Å². The van der Waals surface area contributed by atoms with Gasteiger partial charge >= 0.3 is 5.97 Å². The number of nitrogens with zero attached hydrogens (tertiary/aromatic N) is 1. The van der Waals surface area contributed by atoms with Crippen LogP contribution in [0.15, 0.2) is 18.3 Å². The molecule has 0 aliphatic heterocycles. The number of unbranched alkanes of at least 4 members (excludes halogenated alkanes) is 1. The Morgan fingerprint density at radius 3 is 2.67 bits per heavy atom. The van der Waals surface area contributed by atoms with Gasteiger partial charge in [0.05, 0.1) is 17.8 Å². The molecule has 2 N–H and O–H groups in total. The average Bonchev–Trinajstić information content (AvgIpc) is 2.29. The van der Waals surface area contributed by atoms with E-state index >= 15 is 0 Å². The van der Waals surface area contributed by atoms with E-state index < -0.39 is 23.3 Å². The van der Waals surface area contributed by atoms with Gasteiger partial charge in [-0.1, -0.05) is 19.8 Å². The number of carbonyl (C=O) groups is 1. The largest absolute Gasteiger partial charge is 0.481 e. The number of rotatable bonds is 6. The van der Waals surface area contributed by atoms with Crippen LogP contribution in [-0.2, 0) is 10.4 Å². The molecule has 2 atom stereocenters. The maximum Gasteiger partial charge on any atom is 0.309 e. The van der Waals surface area contributed by atoms with Crippen molar-refractivity contribution in [2.45, 2.75) is 38.7 Å². The van der Waals surface area contributed by atoms with Crippen molar-refractivity contribution in [1.29, 1.82) is 0 Å². The van der Waals surface area contributed by atoms with Crippen molar-refractivity contribution in [3.05, 3.63) is 29.8 Å². The summed E-state index contributed by atoms with van der Waals surface area (Å²) in [5.41, 5.74) is -1.43. The number of aromatic nitrogens is 1. The summed E-state index contributed by atoms with van der Waals surface area (Å²) < 4.78 is 12.8. The average molecular weight is 255 g/mol. The molecule has 0 aliphatic rings. The molecule has 0 spiro atoms. The predicted octanol–water partition coefficient (Wildman–Crippen LogP) is 2.32. The quantitative estimate of drug-likeness (QED) is 0.818. The molecule has 2 unspecified atom stereocenters. The number of hydrogen-bond acceptors (Lipinski definition) is 3. The fraction of sp³-hybridized carbons (Fsp3) is 0.538. The van der Waals surface area contributed by atoms with Gasteiger partial charge in [-0.2, -0.15) is 0 Å². The van der Waals surface area contributed by atoms with Gasteiger partial charge in [-0.15, -0.1) is 0 Å². The Balaban J connectivity index is 3.00. The fourth-order valence-corrected chi connectivity index (χ4v) is 1.91. The van der Waals surface area contributed by atoms with E-state index in [1.165, 1.54) is 13.0 Å². The molecule has 4 nitrogen and oxygen atoms in total. The van der Waals surface area contributed by atoms with Crippen molar-refractivity contribution < 1.29 is 19.4 Å². The predicted molar refractivity (Wildman–Crippen MR) is 64.4 cm³/mol. The van der Waals surface area contributed by atoms with Crippen molar-refractivity contribution in [1.82, 2.24) is 4.98 Å². The summed E-state index contributed by atoms with van der Waals surface area (Å²) in [5, 5.41) is 19.6. The Bertz CT molecular complexity index is 403. The number of halogens is 1. The van der Waals surface area contributed by atoms with E-state index in [1.807, 2.05) is 6.92 Å². The van der Waals surface area contributed by atoms with Crippen LogP contribution in [-0.4, -0.2) is 21.2 Å². The first kappa shape index (κ1) is 14.6. The molecule has 1 aromatic heterocycles. The normalized spacial score (nSPS) is 16.0. The lowest BCUT2D eigenvalue weighted by molar-refractivity contribution is -0.152. The van der Waals surface area contributed by atoms with Crippen molar-refractivity contribution in [2.24, 2.45) is 5.92 Å². The van der Waals surface area contributed by atoms with E-state index in [-0.39, 0.29) is 5.69 Å². The lowest BCUT2D eigenvalue weighted by Gasteiger charge is -2.29. The molecule has 1 heterocycles. The molecule has 0 saturated heterocycles. The Morgan fingerprint density at radius 2 is 2.22 bits per heavy atom. The van der Waals surface area contributed by atoms with Crippen LogP contribution < -0.4 is 0 Å². The van der Waals surface area contributed by atoms with E-state index in [0.29, 0.717) is 12.8 Å². The summed E-state index contributed by atoms with van der Waals surface area (Å²) in [6.45, 7) is 3.35. The lowest BCUT2D eigenvalue weighted by atomic mass is 9.82. The molecule has 0 fully saturated rings. The zero-order valence-electron chi connectivity index (χ0n) is 10.6. The fourth-order valence-electron chi connectivity index (χ4n) is 1.91. The molecular formula is C13H18FNO3. The first-order valence-electron chi connectivity index (χ1n) is 5.96. The van der Waals surface area contributed by atoms with Gasteiger partial charge in [-0.05, 0) is 25.5 Å². The highest BCUT2D eigenvalue weighted by molar-refractivity contribution is 5.71. The highest BCUT2D eigenvalue weighted by atomic mass is 19.1. The van der Waals surface area contributed by atoms with Crippen LogP contribution in [0.1, 0.15) is 38.8 Å². The molecule has 1 rings (SSSR count). The lowest BCUT2D eigenvalue weighted by Crippen LogP contribution is -2.38. The molecule has 0 saturated carbocycles. The minimum absolute atomic E-state index is 0.174. The molecule has 0 amide bonds. The summed E-state index contributed by atoms with van der Waals surface area (Å²) in [6.07, 6.45) is 2.88. The standard InChI is InChI=1S/C13H18FNO3/c1-3-4-5-10(12(16)17)13(2,18)11-7-6-9(14)8-15-11/h6-8,10,18H,3-5H2,1-2H3,(H,16,17). The number of aliphatic carboxylic acids is 1. The number of carboxylic acids is 1. The molecule has 0 aromatic carbocycles. The van der Waals surface area contributed by atoms with Crippen molar-refractivity contribution in [2.75, 3.05) is 0 Å². The van der Waals surface area contributed by atoms with Crippen LogP contribution in [0.5, 0.6) is 0 Å². The van der Waals surface area contributed by atoms with Gasteiger partial charge in [-0.25, -0.2) is 4.39 Å². The molecular weight excluding hydrogens is 237 g/mol. The molecule has 0 bridgehead atoms. The Morgan fingerprint density at radius 1 is 1.56 bits per heavy atom. The molecule has 5 heteroatoms. The molecule has 18 heavy (non-hydrogen) atoms. The topological polar surface area (TPSA) is 70.4 Å². The van der Waals surface area contributed by atoms with E-state index in [9.17, 15) is 19.4 Å². The summed E-state index contributed by atoms with van der Waals surface area (Å²) in [7, 11) is 0. The summed E-state index contributed by atoms with van der Waals surface area (Å²) in [5.74, 6) is -2.54. The second-order valence-corrected chi connectivity index (χ2v) is 4.54. The third kappa shape index (κ3) is 3.26. The molecule has 100 valence electrons. The van der Waals surface area contributed by atoms with E-state index in [1.54, 1.807) is 0 Å². The molecule has 1 aromatic rings. The Kier molecular flexibility index (Phi) is 4.78.